The van der Waals surface area contributed by atoms with Crippen LogP contribution < -0.4 is 0 Å². The minimum absolute atomic E-state index is 0.210. The van der Waals surface area contributed by atoms with Crippen LogP contribution in [0.3, 0.4) is 0 Å². The van der Waals surface area contributed by atoms with Crippen LogP contribution in [0.15, 0.2) is 0 Å². The molecule has 0 aliphatic carbocycles. The summed E-state index contributed by atoms with van der Waals surface area (Å²) in [5.41, 5.74) is 0. The summed E-state index contributed by atoms with van der Waals surface area (Å²) < 4.78 is 156. The van der Waals surface area contributed by atoms with Crippen LogP contribution in [-0.4, -0.2) is 107 Å². The predicted molar refractivity (Wildman–Crippen MR) is 84.4 cm³/mol. The molecule has 200 valence electrons. The number of aliphatic hydroxyl groups excluding tert-OH is 2. The van der Waals surface area contributed by atoms with Crippen molar-refractivity contribution in [3.8, 4) is 0 Å². The molecule has 0 bridgehead atoms. The van der Waals surface area contributed by atoms with Crippen LogP contribution in [-0.2, 0) is 28.4 Å². The van der Waals surface area contributed by atoms with Gasteiger partial charge in [0.1, 0.15) is 13.2 Å². The highest BCUT2D eigenvalue weighted by molar-refractivity contribution is 4.92. The van der Waals surface area contributed by atoms with Crippen molar-refractivity contribution in [2.75, 3.05) is 66.1 Å². The fraction of sp³-hybridized carbons (Fsp3) is 1.00. The maximum Gasteiger partial charge on any atom is 0.495 e. The third kappa shape index (κ3) is 11.8. The zero-order valence-electron chi connectivity index (χ0n) is 16.7. The second kappa shape index (κ2) is 13.8. The van der Waals surface area contributed by atoms with Gasteiger partial charge in [-0.05, 0) is 0 Å². The molecule has 0 aromatic carbocycles. The molecule has 0 saturated heterocycles. The monoisotopic (exact) mass is 520 g/mol. The molecule has 0 aliphatic heterocycles. The molecule has 0 amide bonds. The SMILES string of the molecule is OCCOCCOCC(F)(F)OC(F)(F)OC(F)(F)C(F)(F)C(F)(F)COCCOCCO. The summed E-state index contributed by atoms with van der Waals surface area (Å²) >= 11 is 0. The highest BCUT2D eigenvalue weighted by Gasteiger charge is 2.75. The van der Waals surface area contributed by atoms with Gasteiger partial charge in [-0.15, -0.1) is 8.78 Å². The lowest BCUT2D eigenvalue weighted by molar-refractivity contribution is -0.543. The molecule has 0 aliphatic rings. The van der Waals surface area contributed by atoms with Gasteiger partial charge in [-0.2, -0.15) is 35.1 Å². The second-order valence-corrected chi connectivity index (χ2v) is 5.88. The van der Waals surface area contributed by atoms with Gasteiger partial charge in [0.15, 0.2) is 0 Å². The largest absolute Gasteiger partial charge is 0.495 e. The van der Waals surface area contributed by atoms with Crippen LogP contribution in [0, 0.1) is 0 Å². The molecule has 0 atom stereocenters. The molecular formula is C15H22F10O8. The van der Waals surface area contributed by atoms with Crippen molar-refractivity contribution in [2.24, 2.45) is 0 Å². The Morgan fingerprint density at radius 1 is 0.515 bits per heavy atom. The lowest BCUT2D eigenvalue weighted by Gasteiger charge is -2.34. The van der Waals surface area contributed by atoms with Crippen LogP contribution in [0.4, 0.5) is 43.9 Å². The highest BCUT2D eigenvalue weighted by Crippen LogP contribution is 2.49. The Bertz CT molecular complexity index is 539. The second-order valence-electron chi connectivity index (χ2n) is 5.88. The van der Waals surface area contributed by atoms with Gasteiger partial charge in [-0.1, -0.05) is 0 Å². The fourth-order valence-corrected chi connectivity index (χ4v) is 1.70. The minimum atomic E-state index is -6.70. The molecule has 18 heteroatoms. The molecule has 33 heavy (non-hydrogen) atoms. The minimum Gasteiger partial charge on any atom is -0.394 e. The molecule has 0 aromatic rings. The number of halogens is 10. The maximum atomic E-state index is 13.5. The maximum absolute atomic E-state index is 13.5. The summed E-state index contributed by atoms with van der Waals surface area (Å²) in [5, 5.41) is 16.8. The summed E-state index contributed by atoms with van der Waals surface area (Å²) in [6.07, 6.45) is -17.9. The van der Waals surface area contributed by atoms with Crippen molar-refractivity contribution in [3.05, 3.63) is 0 Å². The number of rotatable bonds is 20. The summed E-state index contributed by atoms with van der Waals surface area (Å²) in [7, 11) is 0. The van der Waals surface area contributed by atoms with Crippen LogP contribution in [0.25, 0.3) is 0 Å². The Morgan fingerprint density at radius 2 is 0.939 bits per heavy atom. The number of aliphatic hydroxyl groups is 2. The van der Waals surface area contributed by atoms with Gasteiger partial charge in [0.2, 0.25) is 0 Å². The molecule has 0 fully saturated rings. The molecule has 0 saturated carbocycles. The zero-order valence-corrected chi connectivity index (χ0v) is 16.7. The van der Waals surface area contributed by atoms with E-state index in [1.807, 2.05) is 0 Å². The average Bonchev–Trinajstić information content (AvgIpc) is 2.65. The van der Waals surface area contributed by atoms with E-state index in [1.54, 1.807) is 0 Å². The van der Waals surface area contributed by atoms with Gasteiger partial charge in [-0.25, -0.2) is 9.47 Å². The van der Waals surface area contributed by atoms with E-state index in [-0.39, 0.29) is 13.2 Å². The van der Waals surface area contributed by atoms with Gasteiger partial charge in [-0.3, -0.25) is 0 Å². The van der Waals surface area contributed by atoms with Gasteiger partial charge in [0.25, 0.3) is 0 Å². The molecule has 8 nitrogen and oxygen atoms in total. The molecule has 0 radical (unpaired) electrons. The average molecular weight is 520 g/mol. The standard InChI is InChI=1S/C15H22F10O8/c16-11(17,9-30-7-5-28-3-1-26)13(20,21)14(22,23)33-15(24,25)32-12(18,19)10-31-8-6-29-4-2-27/h26-27H,1-10H2. The summed E-state index contributed by atoms with van der Waals surface area (Å²) in [6.45, 7) is -8.17. The first-order valence-corrected chi connectivity index (χ1v) is 8.86. The lowest BCUT2D eigenvalue weighted by atomic mass is 10.1. The van der Waals surface area contributed by atoms with Gasteiger partial charge in [0, 0.05) is 0 Å². The number of hydrogen-bond donors (Lipinski definition) is 2. The summed E-state index contributed by atoms with van der Waals surface area (Å²) in [4.78, 5) is 0. The fourth-order valence-electron chi connectivity index (χ4n) is 1.70. The third-order valence-electron chi connectivity index (χ3n) is 3.11. The van der Waals surface area contributed by atoms with Crippen LogP contribution >= 0.6 is 0 Å². The molecule has 0 unspecified atom stereocenters. The number of hydrogen-bond acceptors (Lipinski definition) is 8. The quantitative estimate of drug-likeness (QED) is 0.143. The van der Waals surface area contributed by atoms with E-state index in [9.17, 15) is 43.9 Å². The molecule has 0 heterocycles. The Hall–Kier alpha value is -1.02. The van der Waals surface area contributed by atoms with E-state index in [1.165, 1.54) is 0 Å². The van der Waals surface area contributed by atoms with Crippen LogP contribution in [0.2, 0.25) is 0 Å². The van der Waals surface area contributed by atoms with Crippen LogP contribution in [0.1, 0.15) is 0 Å². The molecule has 0 spiro atoms. The molecule has 2 N–H and O–H groups in total. The van der Waals surface area contributed by atoms with Crippen molar-refractivity contribution >= 4 is 0 Å². The topological polar surface area (TPSA) is 95.8 Å². The van der Waals surface area contributed by atoms with Crippen molar-refractivity contribution in [1.29, 1.82) is 0 Å². The highest BCUT2D eigenvalue weighted by atomic mass is 19.4. The van der Waals surface area contributed by atoms with E-state index in [0.29, 0.717) is 0 Å². The summed E-state index contributed by atoms with van der Waals surface area (Å²) in [5.74, 6) is -12.5. The lowest BCUT2D eigenvalue weighted by Crippen LogP contribution is -2.59. The van der Waals surface area contributed by atoms with Crippen molar-refractivity contribution in [1.82, 2.24) is 0 Å². The van der Waals surface area contributed by atoms with Gasteiger partial charge >= 0.3 is 30.4 Å². The van der Waals surface area contributed by atoms with E-state index >= 15 is 0 Å². The zero-order chi connectivity index (χ0) is 25.8. The number of ether oxygens (including phenoxy) is 6. The van der Waals surface area contributed by atoms with E-state index in [2.05, 4.69) is 28.4 Å². The first kappa shape index (κ1) is 32.0. The smallest absolute Gasteiger partial charge is 0.394 e. The Kier molecular flexibility index (Phi) is 13.3. The Labute approximate surface area is 180 Å². The Balaban J connectivity index is 4.88. The first-order chi connectivity index (χ1) is 15.0. The van der Waals surface area contributed by atoms with Crippen molar-refractivity contribution < 1.29 is 82.5 Å². The van der Waals surface area contributed by atoms with Crippen molar-refractivity contribution in [3.63, 3.8) is 0 Å². The van der Waals surface area contributed by atoms with Crippen LogP contribution in [0.5, 0.6) is 0 Å². The summed E-state index contributed by atoms with van der Waals surface area (Å²) in [6, 6.07) is 0. The van der Waals surface area contributed by atoms with E-state index in [4.69, 9.17) is 10.2 Å². The van der Waals surface area contributed by atoms with E-state index in [0.717, 1.165) is 0 Å². The van der Waals surface area contributed by atoms with Crippen molar-refractivity contribution in [2.45, 2.75) is 30.4 Å². The number of alkyl halides is 10. The van der Waals surface area contributed by atoms with Gasteiger partial charge < -0.3 is 29.2 Å². The normalized spacial score (nSPS) is 14.2. The Morgan fingerprint density at radius 3 is 1.39 bits per heavy atom. The first-order valence-electron chi connectivity index (χ1n) is 8.86. The predicted octanol–water partition coefficient (Wildman–Crippen LogP) is 2.08. The van der Waals surface area contributed by atoms with Gasteiger partial charge in [0.05, 0.1) is 52.9 Å². The molecule has 0 aromatic heterocycles. The van der Waals surface area contributed by atoms with E-state index < -0.39 is 83.2 Å². The molecular weight excluding hydrogens is 498 g/mol. The third-order valence-corrected chi connectivity index (χ3v) is 3.11. The molecule has 0 rings (SSSR count).